The molecule has 9 aromatic carbocycles. The first kappa shape index (κ1) is 31.6. The van der Waals surface area contributed by atoms with Crippen molar-refractivity contribution in [2.75, 3.05) is 4.90 Å². The summed E-state index contributed by atoms with van der Waals surface area (Å²) >= 11 is 0. The molecule has 0 aliphatic heterocycles. The van der Waals surface area contributed by atoms with Crippen LogP contribution in [0.2, 0.25) is 0 Å². The van der Waals surface area contributed by atoms with Crippen LogP contribution in [0.3, 0.4) is 0 Å². The van der Waals surface area contributed by atoms with Gasteiger partial charge in [-0.15, -0.1) is 0 Å². The fraction of sp³-hybridized carbons (Fsp3) is 0.0566. The maximum atomic E-state index is 6.27. The summed E-state index contributed by atoms with van der Waals surface area (Å²) in [5.74, 6) is 0. The van der Waals surface area contributed by atoms with Crippen LogP contribution in [-0.4, -0.2) is 0 Å². The summed E-state index contributed by atoms with van der Waals surface area (Å²) in [5, 5.41) is 7.35. The maximum Gasteiger partial charge on any atom is 0.136 e. The van der Waals surface area contributed by atoms with Crippen LogP contribution in [0.5, 0.6) is 0 Å². The largest absolute Gasteiger partial charge is 0.456 e. The van der Waals surface area contributed by atoms with Crippen molar-refractivity contribution >= 4 is 60.5 Å². The number of fused-ring (bicyclic) bond motifs is 9. The monoisotopic (exact) mass is 703 g/mol. The van der Waals surface area contributed by atoms with Crippen LogP contribution in [0.4, 0.5) is 17.1 Å². The predicted molar refractivity (Wildman–Crippen MR) is 232 cm³/mol. The van der Waals surface area contributed by atoms with Crippen molar-refractivity contribution < 1.29 is 4.42 Å². The number of hydrogen-bond donors (Lipinski definition) is 0. The molecule has 0 saturated carbocycles. The molecule has 10 aromatic rings. The van der Waals surface area contributed by atoms with Crippen molar-refractivity contribution in [2.45, 2.75) is 19.3 Å². The second kappa shape index (κ2) is 12.1. The number of furan rings is 1. The molecule has 0 bridgehead atoms. The highest BCUT2D eigenvalue weighted by molar-refractivity contribution is 6.12. The molecular weight excluding hydrogens is 667 g/mol. The van der Waals surface area contributed by atoms with Gasteiger partial charge in [-0.3, -0.25) is 0 Å². The van der Waals surface area contributed by atoms with E-state index in [-0.39, 0.29) is 5.41 Å². The van der Waals surface area contributed by atoms with Gasteiger partial charge in [-0.2, -0.15) is 0 Å². The second-order valence-corrected chi connectivity index (χ2v) is 15.3. The highest BCUT2D eigenvalue weighted by Gasteiger charge is 2.39. The highest BCUT2D eigenvalue weighted by Crippen LogP contribution is 2.57. The zero-order valence-corrected chi connectivity index (χ0v) is 30.8. The lowest BCUT2D eigenvalue weighted by Gasteiger charge is -2.30. The molecule has 0 amide bonds. The zero-order chi connectivity index (χ0) is 36.7. The van der Waals surface area contributed by atoms with Crippen LogP contribution in [0.25, 0.3) is 76.9 Å². The first-order chi connectivity index (χ1) is 27.0. The Morgan fingerprint density at radius 1 is 0.436 bits per heavy atom. The molecule has 0 N–H and O–H groups in total. The summed E-state index contributed by atoms with van der Waals surface area (Å²) in [5.41, 5.74) is 15.2. The Hall–Kier alpha value is -6.90. The number of benzene rings is 9. The quantitative estimate of drug-likeness (QED) is 0.177. The van der Waals surface area contributed by atoms with E-state index in [0.29, 0.717) is 0 Å². The molecule has 0 spiro atoms. The van der Waals surface area contributed by atoms with Crippen molar-refractivity contribution in [3.63, 3.8) is 0 Å². The maximum absolute atomic E-state index is 6.27. The van der Waals surface area contributed by atoms with Gasteiger partial charge in [-0.1, -0.05) is 159 Å². The highest BCUT2D eigenvalue weighted by atomic mass is 16.3. The number of para-hydroxylation sites is 1. The summed E-state index contributed by atoms with van der Waals surface area (Å²) in [7, 11) is 0. The van der Waals surface area contributed by atoms with Crippen LogP contribution < -0.4 is 4.90 Å². The van der Waals surface area contributed by atoms with Crippen molar-refractivity contribution in [3.8, 4) is 33.4 Å². The minimum absolute atomic E-state index is 0.165. The van der Waals surface area contributed by atoms with Crippen LogP contribution in [0.15, 0.2) is 192 Å². The Morgan fingerprint density at radius 3 is 1.76 bits per heavy atom. The van der Waals surface area contributed by atoms with Crippen LogP contribution >= 0.6 is 0 Å². The average molecular weight is 704 g/mol. The SMILES string of the molecule is CC1(C)c2ccccc2-c2c(N(c3ccc(-c4cccc5ccccc45)cc3)c3ccc(-c4cccc5oc6ccccc6c45)cc3)cc3ccccc3c21. The first-order valence-corrected chi connectivity index (χ1v) is 19.1. The molecule has 11 rings (SSSR count). The van der Waals surface area contributed by atoms with Crippen molar-refractivity contribution in [3.05, 3.63) is 199 Å². The normalized spacial score (nSPS) is 13.1. The summed E-state index contributed by atoms with van der Waals surface area (Å²) < 4.78 is 6.27. The zero-order valence-electron chi connectivity index (χ0n) is 30.8. The first-order valence-electron chi connectivity index (χ1n) is 19.1. The van der Waals surface area contributed by atoms with Crippen molar-refractivity contribution in [1.29, 1.82) is 0 Å². The molecule has 1 aromatic heterocycles. The van der Waals surface area contributed by atoms with E-state index in [9.17, 15) is 0 Å². The summed E-state index contributed by atoms with van der Waals surface area (Å²) in [4.78, 5) is 2.47. The van der Waals surface area contributed by atoms with Crippen LogP contribution in [0.1, 0.15) is 25.0 Å². The predicted octanol–water partition coefficient (Wildman–Crippen LogP) is 15.0. The molecule has 0 unspecified atom stereocenters. The van der Waals surface area contributed by atoms with E-state index < -0.39 is 0 Å². The Morgan fingerprint density at radius 2 is 0.982 bits per heavy atom. The van der Waals surface area contributed by atoms with Gasteiger partial charge in [0.15, 0.2) is 0 Å². The lowest BCUT2D eigenvalue weighted by atomic mass is 9.80. The van der Waals surface area contributed by atoms with Gasteiger partial charge < -0.3 is 9.32 Å². The third kappa shape index (κ3) is 4.81. The Kier molecular flexibility index (Phi) is 6.93. The third-order valence-corrected chi connectivity index (χ3v) is 11.8. The molecule has 0 saturated heterocycles. The number of rotatable bonds is 5. The van der Waals surface area contributed by atoms with E-state index in [1.807, 2.05) is 12.1 Å². The van der Waals surface area contributed by atoms with Crippen LogP contribution in [-0.2, 0) is 5.41 Å². The van der Waals surface area contributed by atoms with E-state index >= 15 is 0 Å². The second-order valence-electron chi connectivity index (χ2n) is 15.3. The Bertz CT molecular complexity index is 3110. The van der Waals surface area contributed by atoms with Crippen molar-refractivity contribution in [2.24, 2.45) is 0 Å². The molecular formula is C53H37NO. The summed E-state index contributed by atoms with van der Waals surface area (Å²) in [6.45, 7) is 4.76. The van der Waals surface area contributed by atoms with Gasteiger partial charge in [0.05, 0.1) is 5.69 Å². The average Bonchev–Trinajstić information content (AvgIpc) is 3.74. The Balaban J connectivity index is 1.13. The molecule has 1 heterocycles. The minimum atomic E-state index is -0.165. The van der Waals surface area contributed by atoms with Gasteiger partial charge in [0.1, 0.15) is 11.2 Å². The van der Waals surface area contributed by atoms with Gasteiger partial charge in [0, 0.05) is 33.1 Å². The van der Waals surface area contributed by atoms with Crippen LogP contribution in [0, 0.1) is 0 Å². The molecule has 0 atom stereocenters. The molecule has 2 nitrogen and oxygen atoms in total. The van der Waals surface area contributed by atoms with Gasteiger partial charge in [0.25, 0.3) is 0 Å². The van der Waals surface area contributed by atoms with Gasteiger partial charge >= 0.3 is 0 Å². The summed E-state index contributed by atoms with van der Waals surface area (Å²) in [6, 6.07) is 68.4. The van der Waals surface area contributed by atoms with Gasteiger partial charge in [0.2, 0.25) is 0 Å². The Labute approximate surface area is 320 Å². The van der Waals surface area contributed by atoms with E-state index in [1.165, 1.54) is 66.2 Å². The molecule has 2 heteroatoms. The molecule has 1 aliphatic rings. The van der Waals surface area contributed by atoms with E-state index in [0.717, 1.165) is 38.9 Å². The smallest absolute Gasteiger partial charge is 0.136 e. The molecule has 55 heavy (non-hydrogen) atoms. The lowest BCUT2D eigenvalue weighted by molar-refractivity contribution is 0.666. The third-order valence-electron chi connectivity index (χ3n) is 11.8. The van der Waals surface area contributed by atoms with E-state index in [2.05, 4.69) is 195 Å². The minimum Gasteiger partial charge on any atom is -0.456 e. The van der Waals surface area contributed by atoms with E-state index in [1.54, 1.807) is 0 Å². The molecule has 260 valence electrons. The van der Waals surface area contributed by atoms with Gasteiger partial charge in [-0.25, -0.2) is 0 Å². The number of hydrogen-bond acceptors (Lipinski definition) is 2. The summed E-state index contributed by atoms with van der Waals surface area (Å²) in [6.07, 6.45) is 0. The van der Waals surface area contributed by atoms with E-state index in [4.69, 9.17) is 4.42 Å². The standard InChI is InChI=1S/C53H37NO/c1-53(2)46-22-9-7-18-44(46)51-47(33-37-14-4-6-17-43(37)52(51)53)54(38-29-25-35(26-30-38)41-20-11-15-34-13-3-5-16-40(34)41)39-31-27-36(28-32-39)42-21-12-24-49-50(42)45-19-8-10-23-48(45)55-49/h3-33H,1-2H3. The van der Waals surface area contributed by atoms with Crippen molar-refractivity contribution in [1.82, 2.24) is 0 Å². The van der Waals surface area contributed by atoms with Gasteiger partial charge in [-0.05, 0) is 103 Å². The fourth-order valence-corrected chi connectivity index (χ4v) is 9.31. The topological polar surface area (TPSA) is 16.4 Å². The molecule has 1 aliphatic carbocycles. The molecule has 0 fully saturated rings. The fourth-order valence-electron chi connectivity index (χ4n) is 9.31. The number of anilines is 3. The lowest BCUT2D eigenvalue weighted by Crippen LogP contribution is -2.16. The number of nitrogens with zero attached hydrogens (tertiary/aromatic N) is 1. The molecule has 0 radical (unpaired) electrons.